The molecule has 0 bridgehead atoms. The van der Waals surface area contributed by atoms with Gasteiger partial charge < -0.3 is 15.5 Å². The number of hydrogen-bond acceptors (Lipinski definition) is 5. The van der Waals surface area contributed by atoms with E-state index >= 15 is 0 Å². The summed E-state index contributed by atoms with van der Waals surface area (Å²) in [6.07, 6.45) is 0.874. The second-order valence-electron chi connectivity index (χ2n) is 7.82. The Bertz CT molecular complexity index is 920. The Morgan fingerprint density at radius 1 is 1.17 bits per heavy atom. The maximum atomic E-state index is 12.9. The highest BCUT2D eigenvalue weighted by Crippen LogP contribution is 2.19. The molecular weight excluding hydrogens is 404 g/mol. The molecule has 1 aromatic carbocycles. The quantitative estimate of drug-likeness (QED) is 0.680. The summed E-state index contributed by atoms with van der Waals surface area (Å²) >= 11 is 0. The van der Waals surface area contributed by atoms with Crippen LogP contribution in [0.15, 0.2) is 18.2 Å². The van der Waals surface area contributed by atoms with E-state index in [-0.39, 0.29) is 24.2 Å². The lowest BCUT2D eigenvalue weighted by molar-refractivity contribution is -0.117. The molecule has 1 saturated heterocycles. The number of nitrogens with one attached hydrogen (secondary N) is 3. The summed E-state index contributed by atoms with van der Waals surface area (Å²) in [5.74, 6) is -0.0448. The Balaban J connectivity index is 0.00000256. The van der Waals surface area contributed by atoms with Crippen LogP contribution in [-0.4, -0.2) is 71.1 Å². The van der Waals surface area contributed by atoms with Crippen LogP contribution < -0.4 is 10.6 Å². The summed E-state index contributed by atoms with van der Waals surface area (Å²) in [6, 6.07) is 5.91. The third kappa shape index (κ3) is 4.66. The number of benzene rings is 1. The van der Waals surface area contributed by atoms with Gasteiger partial charge in [-0.15, -0.1) is 12.4 Å². The van der Waals surface area contributed by atoms with Gasteiger partial charge >= 0.3 is 0 Å². The molecule has 0 spiro atoms. The third-order valence-corrected chi connectivity index (χ3v) is 5.91. The van der Waals surface area contributed by atoms with Crippen LogP contribution in [-0.2, 0) is 17.8 Å². The number of halogens is 1. The predicted octanol–water partition coefficient (Wildman–Crippen LogP) is 1.49. The van der Waals surface area contributed by atoms with E-state index in [9.17, 15) is 9.59 Å². The van der Waals surface area contributed by atoms with Gasteiger partial charge in [0.05, 0.1) is 6.54 Å². The van der Waals surface area contributed by atoms with E-state index in [4.69, 9.17) is 0 Å². The first-order chi connectivity index (χ1) is 14.0. The maximum absolute atomic E-state index is 12.9. The van der Waals surface area contributed by atoms with Crippen molar-refractivity contribution < 1.29 is 9.59 Å². The third-order valence-electron chi connectivity index (χ3n) is 5.91. The van der Waals surface area contributed by atoms with Crippen LogP contribution in [0, 0.1) is 13.8 Å². The lowest BCUT2D eigenvalue weighted by atomic mass is 10.1. The molecule has 0 atom stereocenters. The smallest absolute Gasteiger partial charge is 0.274 e. The number of aromatic amines is 1. The van der Waals surface area contributed by atoms with Gasteiger partial charge in [-0.3, -0.25) is 19.6 Å². The molecule has 2 aliphatic heterocycles. The van der Waals surface area contributed by atoms with Crippen molar-refractivity contribution in [3.63, 3.8) is 0 Å². The fraction of sp³-hybridized carbons (Fsp3) is 0.476. The molecule has 1 aromatic heterocycles. The average Bonchev–Trinajstić information content (AvgIpc) is 3.15. The van der Waals surface area contributed by atoms with E-state index in [1.165, 1.54) is 0 Å². The molecule has 0 radical (unpaired) electrons. The fourth-order valence-corrected chi connectivity index (χ4v) is 3.94. The number of rotatable bonds is 4. The van der Waals surface area contributed by atoms with Crippen molar-refractivity contribution in [2.75, 3.05) is 44.6 Å². The van der Waals surface area contributed by atoms with Gasteiger partial charge in [-0.2, -0.15) is 5.10 Å². The lowest BCUT2D eigenvalue weighted by Gasteiger charge is -2.34. The number of amides is 2. The molecule has 0 aliphatic carbocycles. The fourth-order valence-electron chi connectivity index (χ4n) is 3.94. The Morgan fingerprint density at radius 3 is 2.70 bits per heavy atom. The lowest BCUT2D eigenvalue weighted by Crippen LogP contribution is -2.50. The molecule has 0 saturated carbocycles. The summed E-state index contributed by atoms with van der Waals surface area (Å²) < 4.78 is 0. The Kier molecular flexibility index (Phi) is 7.12. The zero-order valence-corrected chi connectivity index (χ0v) is 18.3. The van der Waals surface area contributed by atoms with Crippen LogP contribution in [0.5, 0.6) is 0 Å². The summed E-state index contributed by atoms with van der Waals surface area (Å²) in [6.45, 7) is 8.53. The first-order valence-corrected chi connectivity index (χ1v) is 10.2. The Labute approximate surface area is 182 Å². The molecule has 1 fully saturated rings. The second kappa shape index (κ2) is 9.59. The van der Waals surface area contributed by atoms with Crippen molar-refractivity contribution in [1.29, 1.82) is 0 Å². The average molecular weight is 433 g/mol. The molecule has 2 amide bonds. The van der Waals surface area contributed by atoms with Crippen LogP contribution in [0.2, 0.25) is 0 Å². The van der Waals surface area contributed by atoms with Crippen molar-refractivity contribution in [2.24, 2.45) is 0 Å². The normalized spacial score (nSPS) is 16.5. The minimum atomic E-state index is -0.0225. The minimum Gasteiger partial charge on any atom is -0.335 e. The molecule has 3 N–H and O–H groups in total. The highest BCUT2D eigenvalue weighted by molar-refractivity contribution is 5.94. The molecule has 9 heteroatoms. The zero-order valence-electron chi connectivity index (χ0n) is 17.5. The van der Waals surface area contributed by atoms with Crippen molar-refractivity contribution in [1.82, 2.24) is 25.3 Å². The maximum Gasteiger partial charge on any atom is 0.274 e. The highest BCUT2D eigenvalue weighted by Gasteiger charge is 2.28. The standard InChI is InChI=1S/C21H28N6O2.ClH/c1-14-4-3-5-17(15(14)2)23-19(28)13-26-8-10-27(11-9-26)21(29)20-16-12-22-7-6-18(16)24-25-20;/h3-5,22H,6-13H2,1-2H3,(H,23,28)(H,24,25);1H. The van der Waals surface area contributed by atoms with E-state index < -0.39 is 0 Å². The number of carbonyl (C=O) groups excluding carboxylic acids is 2. The minimum absolute atomic E-state index is 0. The number of anilines is 1. The topological polar surface area (TPSA) is 93.4 Å². The first-order valence-electron chi connectivity index (χ1n) is 10.2. The summed E-state index contributed by atoms with van der Waals surface area (Å²) in [7, 11) is 0. The largest absolute Gasteiger partial charge is 0.335 e. The van der Waals surface area contributed by atoms with Crippen molar-refractivity contribution >= 4 is 29.9 Å². The van der Waals surface area contributed by atoms with Crippen LogP contribution in [0.1, 0.15) is 32.9 Å². The number of aryl methyl sites for hydroxylation is 1. The summed E-state index contributed by atoms with van der Waals surface area (Å²) in [5.41, 5.74) is 5.71. The number of fused-ring (bicyclic) bond motifs is 1. The van der Waals surface area contributed by atoms with Gasteiger partial charge in [-0.1, -0.05) is 12.1 Å². The molecule has 4 rings (SSSR count). The number of hydrogen-bond donors (Lipinski definition) is 3. The van der Waals surface area contributed by atoms with Crippen LogP contribution >= 0.6 is 12.4 Å². The number of nitrogens with zero attached hydrogens (tertiary/aromatic N) is 3. The predicted molar refractivity (Wildman–Crippen MR) is 118 cm³/mol. The van der Waals surface area contributed by atoms with E-state index in [0.717, 1.165) is 41.0 Å². The van der Waals surface area contributed by atoms with Gasteiger partial charge in [0.2, 0.25) is 5.91 Å². The monoisotopic (exact) mass is 432 g/mol. The Hall–Kier alpha value is -2.42. The molecule has 3 heterocycles. The molecule has 162 valence electrons. The number of aromatic nitrogens is 2. The van der Waals surface area contributed by atoms with E-state index in [0.29, 0.717) is 45.0 Å². The van der Waals surface area contributed by atoms with Crippen LogP contribution in [0.3, 0.4) is 0 Å². The van der Waals surface area contributed by atoms with Gasteiger partial charge in [0.1, 0.15) is 0 Å². The van der Waals surface area contributed by atoms with Gasteiger partial charge in [0.15, 0.2) is 5.69 Å². The molecule has 2 aliphatic rings. The highest BCUT2D eigenvalue weighted by atomic mass is 35.5. The molecule has 2 aromatic rings. The number of piperazine rings is 1. The molecular formula is C21H29ClN6O2. The zero-order chi connectivity index (χ0) is 20.4. The van der Waals surface area contributed by atoms with Gasteiger partial charge in [-0.05, 0) is 31.0 Å². The van der Waals surface area contributed by atoms with Gasteiger partial charge in [0.25, 0.3) is 5.91 Å². The summed E-state index contributed by atoms with van der Waals surface area (Å²) in [5, 5.41) is 13.6. The Morgan fingerprint density at radius 2 is 1.93 bits per heavy atom. The van der Waals surface area contributed by atoms with Crippen molar-refractivity contribution in [3.8, 4) is 0 Å². The molecule has 30 heavy (non-hydrogen) atoms. The van der Waals surface area contributed by atoms with Crippen molar-refractivity contribution in [2.45, 2.75) is 26.8 Å². The number of H-pyrrole nitrogens is 1. The SMILES string of the molecule is Cc1cccc(NC(=O)CN2CCN(C(=O)c3n[nH]c4c3CNCC4)CC2)c1C.Cl. The number of carbonyl (C=O) groups is 2. The van der Waals surface area contributed by atoms with E-state index in [2.05, 4.69) is 25.7 Å². The van der Waals surface area contributed by atoms with E-state index in [1.807, 2.05) is 36.9 Å². The molecule has 0 unspecified atom stereocenters. The van der Waals surface area contributed by atoms with Crippen molar-refractivity contribution in [3.05, 3.63) is 46.3 Å². The molecule has 8 nitrogen and oxygen atoms in total. The van der Waals surface area contributed by atoms with E-state index in [1.54, 1.807) is 0 Å². The second-order valence-corrected chi connectivity index (χ2v) is 7.82. The van der Waals surface area contributed by atoms with Crippen LogP contribution in [0.25, 0.3) is 0 Å². The van der Waals surface area contributed by atoms with Crippen LogP contribution in [0.4, 0.5) is 5.69 Å². The van der Waals surface area contributed by atoms with Gasteiger partial charge in [-0.25, -0.2) is 0 Å². The first kappa shape index (κ1) is 22.3. The van der Waals surface area contributed by atoms with Gasteiger partial charge in [0, 0.05) is 62.6 Å². The summed E-state index contributed by atoms with van der Waals surface area (Å²) in [4.78, 5) is 29.3.